The highest BCUT2D eigenvalue weighted by Crippen LogP contribution is 2.20. The predicted molar refractivity (Wildman–Crippen MR) is 67.0 cm³/mol. The normalized spacial score (nSPS) is 19.4. The maximum atomic E-state index is 10.6. The average Bonchev–Trinajstić information content (AvgIpc) is 2.38. The summed E-state index contributed by atoms with van der Waals surface area (Å²) in [5.41, 5.74) is 2.54. The molecule has 0 amide bonds. The van der Waals surface area contributed by atoms with Gasteiger partial charge in [-0.1, -0.05) is 0 Å². The van der Waals surface area contributed by atoms with Crippen LogP contribution in [0.5, 0.6) is 0 Å². The number of carbonyl (C=O) groups is 1. The van der Waals surface area contributed by atoms with E-state index >= 15 is 0 Å². The monoisotopic (exact) mass is 266 g/mol. The Morgan fingerprint density at radius 1 is 1.32 bits per heavy atom. The van der Waals surface area contributed by atoms with Crippen LogP contribution < -0.4 is 0 Å². The van der Waals surface area contributed by atoms with Crippen molar-refractivity contribution in [3.05, 3.63) is 22.8 Å². The van der Waals surface area contributed by atoms with Crippen molar-refractivity contribution in [2.75, 3.05) is 19.8 Å². The Morgan fingerprint density at radius 3 is 2.53 bits per heavy atom. The van der Waals surface area contributed by atoms with Gasteiger partial charge in [0.05, 0.1) is 19.8 Å². The number of aromatic nitrogens is 2. The zero-order valence-corrected chi connectivity index (χ0v) is 11.2. The molecule has 1 N–H and O–H groups in total. The van der Waals surface area contributed by atoms with Gasteiger partial charge in [0.15, 0.2) is 5.82 Å². The number of aryl methyl sites for hydroxylation is 2. The van der Waals surface area contributed by atoms with Gasteiger partial charge >= 0.3 is 5.97 Å². The number of aliphatic carboxylic acids is 1. The maximum Gasteiger partial charge on any atom is 0.303 e. The minimum Gasteiger partial charge on any atom is -0.481 e. The molecule has 6 heteroatoms. The summed E-state index contributed by atoms with van der Waals surface area (Å²) in [6.45, 7) is 5.36. The molecule has 1 aliphatic heterocycles. The van der Waals surface area contributed by atoms with E-state index in [2.05, 4.69) is 9.97 Å². The van der Waals surface area contributed by atoms with E-state index in [0.29, 0.717) is 32.1 Å². The number of ether oxygens (including phenoxy) is 2. The fourth-order valence-electron chi connectivity index (χ4n) is 2.14. The second kappa shape index (κ2) is 6.08. The fraction of sp³-hybridized carbons (Fsp3) is 0.615. The third kappa shape index (κ3) is 3.48. The Labute approximate surface area is 111 Å². The first-order valence-corrected chi connectivity index (χ1v) is 6.33. The summed E-state index contributed by atoms with van der Waals surface area (Å²) in [6.07, 6.45) is 0.322. The van der Waals surface area contributed by atoms with Gasteiger partial charge in [-0.15, -0.1) is 0 Å². The van der Waals surface area contributed by atoms with Crippen LogP contribution in [0.1, 0.15) is 35.3 Å². The van der Waals surface area contributed by atoms with E-state index < -0.39 is 5.97 Å². The van der Waals surface area contributed by atoms with Crippen LogP contribution in [0.3, 0.4) is 0 Å². The number of carboxylic acid groups (broad SMARTS) is 1. The van der Waals surface area contributed by atoms with Crippen molar-refractivity contribution in [3.8, 4) is 0 Å². The molecule has 2 rings (SSSR count). The van der Waals surface area contributed by atoms with E-state index in [1.165, 1.54) is 0 Å². The molecule has 19 heavy (non-hydrogen) atoms. The first-order chi connectivity index (χ1) is 9.08. The standard InChI is InChI=1S/C13H18N2O4/c1-8-10(3-4-12(16)17)9(2)15-13(14-8)11-7-18-5-6-19-11/h11H,3-7H2,1-2H3,(H,16,17). The summed E-state index contributed by atoms with van der Waals surface area (Å²) in [5.74, 6) is -0.194. The molecule has 104 valence electrons. The molecule has 1 aliphatic rings. The van der Waals surface area contributed by atoms with E-state index in [0.717, 1.165) is 17.0 Å². The number of hydrogen-bond donors (Lipinski definition) is 1. The fourth-order valence-corrected chi connectivity index (χ4v) is 2.14. The Hall–Kier alpha value is -1.53. The van der Waals surface area contributed by atoms with Crippen molar-refractivity contribution in [1.29, 1.82) is 0 Å². The zero-order valence-electron chi connectivity index (χ0n) is 11.2. The molecule has 0 saturated carbocycles. The second-order valence-electron chi connectivity index (χ2n) is 4.56. The zero-order chi connectivity index (χ0) is 13.8. The quantitative estimate of drug-likeness (QED) is 0.881. The van der Waals surface area contributed by atoms with Gasteiger partial charge in [-0.2, -0.15) is 0 Å². The minimum atomic E-state index is -0.813. The van der Waals surface area contributed by atoms with Gasteiger partial charge in [0.25, 0.3) is 0 Å². The number of rotatable bonds is 4. The van der Waals surface area contributed by atoms with Gasteiger partial charge in [-0.05, 0) is 25.8 Å². The third-order valence-electron chi connectivity index (χ3n) is 3.13. The van der Waals surface area contributed by atoms with Gasteiger partial charge < -0.3 is 14.6 Å². The van der Waals surface area contributed by atoms with E-state index in [9.17, 15) is 4.79 Å². The van der Waals surface area contributed by atoms with Crippen molar-refractivity contribution >= 4 is 5.97 Å². The molecule has 6 nitrogen and oxygen atoms in total. The number of hydrogen-bond acceptors (Lipinski definition) is 5. The molecular formula is C13H18N2O4. The lowest BCUT2D eigenvalue weighted by Gasteiger charge is -2.22. The summed E-state index contributed by atoms with van der Waals surface area (Å²) in [7, 11) is 0. The third-order valence-corrected chi connectivity index (χ3v) is 3.13. The predicted octanol–water partition coefficient (Wildman–Crippen LogP) is 1.20. The van der Waals surface area contributed by atoms with Crippen LogP contribution in [0.25, 0.3) is 0 Å². The largest absolute Gasteiger partial charge is 0.481 e. The van der Waals surface area contributed by atoms with Crippen molar-refractivity contribution in [1.82, 2.24) is 9.97 Å². The molecule has 0 radical (unpaired) electrons. The lowest BCUT2D eigenvalue weighted by atomic mass is 10.1. The molecule has 0 bridgehead atoms. The smallest absolute Gasteiger partial charge is 0.303 e. The first kappa shape index (κ1) is 13.9. The summed E-state index contributed by atoms with van der Waals surface area (Å²) in [4.78, 5) is 19.5. The minimum absolute atomic E-state index is 0.0907. The van der Waals surface area contributed by atoms with Crippen molar-refractivity contribution in [3.63, 3.8) is 0 Å². The molecule has 0 aromatic carbocycles. The van der Waals surface area contributed by atoms with Gasteiger partial charge in [0, 0.05) is 17.8 Å². The highest BCUT2D eigenvalue weighted by atomic mass is 16.6. The van der Waals surface area contributed by atoms with Crippen LogP contribution in [-0.2, 0) is 20.7 Å². The molecular weight excluding hydrogens is 248 g/mol. The van der Waals surface area contributed by atoms with Crippen LogP contribution in [-0.4, -0.2) is 40.9 Å². The molecule has 1 saturated heterocycles. The van der Waals surface area contributed by atoms with E-state index in [1.54, 1.807) is 0 Å². The summed E-state index contributed by atoms with van der Waals surface area (Å²) >= 11 is 0. The highest BCUT2D eigenvalue weighted by molar-refractivity contribution is 5.67. The molecule has 0 spiro atoms. The Morgan fingerprint density at radius 2 is 2.00 bits per heavy atom. The van der Waals surface area contributed by atoms with Gasteiger partial charge in [0.1, 0.15) is 6.10 Å². The number of nitrogens with zero attached hydrogens (tertiary/aromatic N) is 2. The van der Waals surface area contributed by atoms with E-state index in [1.807, 2.05) is 13.8 Å². The van der Waals surface area contributed by atoms with Crippen LogP contribution in [0, 0.1) is 13.8 Å². The second-order valence-corrected chi connectivity index (χ2v) is 4.56. The van der Waals surface area contributed by atoms with E-state index in [4.69, 9.17) is 14.6 Å². The lowest BCUT2D eigenvalue weighted by molar-refractivity contribution is -0.136. The van der Waals surface area contributed by atoms with Crippen molar-refractivity contribution in [2.45, 2.75) is 32.8 Å². The molecule has 1 unspecified atom stereocenters. The van der Waals surface area contributed by atoms with Crippen LogP contribution in [0.15, 0.2) is 0 Å². The molecule has 1 aromatic heterocycles. The molecule has 1 atom stereocenters. The Bertz CT molecular complexity index is 447. The van der Waals surface area contributed by atoms with Crippen LogP contribution >= 0.6 is 0 Å². The van der Waals surface area contributed by atoms with Gasteiger partial charge in [-0.25, -0.2) is 9.97 Å². The summed E-state index contributed by atoms with van der Waals surface area (Å²) in [6, 6.07) is 0. The van der Waals surface area contributed by atoms with Crippen LogP contribution in [0.2, 0.25) is 0 Å². The van der Waals surface area contributed by atoms with Crippen molar-refractivity contribution < 1.29 is 19.4 Å². The lowest BCUT2D eigenvalue weighted by Crippen LogP contribution is -2.24. The summed E-state index contributed by atoms with van der Waals surface area (Å²) in [5, 5.41) is 8.74. The molecule has 0 aliphatic carbocycles. The van der Waals surface area contributed by atoms with Gasteiger partial charge in [-0.3, -0.25) is 4.79 Å². The first-order valence-electron chi connectivity index (χ1n) is 6.33. The molecule has 2 heterocycles. The number of carboxylic acids is 1. The summed E-state index contributed by atoms with van der Waals surface area (Å²) < 4.78 is 10.9. The molecule has 1 aromatic rings. The Balaban J connectivity index is 2.18. The SMILES string of the molecule is Cc1nc(C2COCCO2)nc(C)c1CCC(=O)O. The maximum absolute atomic E-state index is 10.6. The molecule has 1 fully saturated rings. The van der Waals surface area contributed by atoms with Gasteiger partial charge in [0.2, 0.25) is 0 Å². The van der Waals surface area contributed by atoms with E-state index in [-0.39, 0.29) is 12.5 Å². The highest BCUT2D eigenvalue weighted by Gasteiger charge is 2.21. The average molecular weight is 266 g/mol. The van der Waals surface area contributed by atoms with Crippen molar-refractivity contribution in [2.24, 2.45) is 0 Å². The topological polar surface area (TPSA) is 81.5 Å². The van der Waals surface area contributed by atoms with Crippen LogP contribution in [0.4, 0.5) is 0 Å². The Kier molecular flexibility index (Phi) is 4.44.